The molecular weight excluding hydrogens is 104 g/mol. The minimum atomic E-state index is 0.528. The average Bonchev–Trinajstić information content (AvgIpc) is 2.19. The molecule has 43 valence electrons. The van der Waals surface area contributed by atoms with Gasteiger partial charge in [-0.05, 0) is 0 Å². The number of nitrogens with zero attached hydrogens (tertiary/aromatic N) is 2. The third kappa shape index (κ3) is 1.07. The van der Waals surface area contributed by atoms with Crippen molar-refractivity contribution in [3.05, 3.63) is 18.7 Å². The molecule has 0 unspecified atom stereocenters. The van der Waals surface area contributed by atoms with Crippen molar-refractivity contribution in [3.8, 4) is 0 Å². The van der Waals surface area contributed by atoms with Gasteiger partial charge in [0.15, 0.2) is 6.33 Å². The van der Waals surface area contributed by atoms with E-state index in [-0.39, 0.29) is 0 Å². The van der Waals surface area contributed by atoms with Crippen molar-refractivity contribution >= 4 is 0 Å². The van der Waals surface area contributed by atoms with Gasteiger partial charge in [0.1, 0.15) is 6.73 Å². The molecule has 0 spiro atoms. The van der Waals surface area contributed by atoms with Crippen LogP contribution >= 0.6 is 0 Å². The second kappa shape index (κ2) is 2.47. The Morgan fingerprint density at radius 3 is 3.25 bits per heavy atom. The van der Waals surface area contributed by atoms with Crippen LogP contribution in [0, 0.1) is 6.33 Å². The Hall–Kier alpha value is -0.830. The molecule has 3 nitrogen and oxygen atoms in total. The zero-order valence-electron chi connectivity index (χ0n) is 4.66. The van der Waals surface area contributed by atoms with E-state index >= 15 is 0 Å². The molecule has 0 aliphatic heterocycles. The van der Waals surface area contributed by atoms with Gasteiger partial charge in [-0.15, -0.1) is 0 Å². The molecule has 0 amide bonds. The van der Waals surface area contributed by atoms with E-state index in [9.17, 15) is 0 Å². The summed E-state index contributed by atoms with van der Waals surface area (Å²) < 4.78 is 6.50. The van der Waals surface area contributed by atoms with E-state index in [0.29, 0.717) is 6.73 Å². The number of rotatable bonds is 2. The van der Waals surface area contributed by atoms with E-state index in [1.807, 2.05) is 0 Å². The van der Waals surface area contributed by atoms with Crippen LogP contribution in [-0.4, -0.2) is 16.7 Å². The second-order valence-corrected chi connectivity index (χ2v) is 1.41. The van der Waals surface area contributed by atoms with E-state index in [0.717, 1.165) is 0 Å². The van der Waals surface area contributed by atoms with Gasteiger partial charge in [-0.3, -0.25) is 0 Å². The summed E-state index contributed by atoms with van der Waals surface area (Å²) in [4.78, 5) is 3.70. The van der Waals surface area contributed by atoms with Crippen LogP contribution in [0.3, 0.4) is 0 Å². The highest BCUT2D eigenvalue weighted by atomic mass is 16.5. The lowest BCUT2D eigenvalue weighted by atomic mass is 10.9. The van der Waals surface area contributed by atoms with Crippen LogP contribution in [0.5, 0.6) is 0 Å². The third-order valence-corrected chi connectivity index (χ3v) is 0.776. The molecule has 0 aromatic carbocycles. The van der Waals surface area contributed by atoms with Gasteiger partial charge in [0.05, 0.1) is 0 Å². The number of ether oxygens (including phenoxy) is 1. The van der Waals surface area contributed by atoms with Gasteiger partial charge >= 0.3 is 0 Å². The number of imidazole rings is 1. The van der Waals surface area contributed by atoms with Gasteiger partial charge in [0.25, 0.3) is 0 Å². The predicted octanol–water partition coefficient (Wildman–Crippen LogP) is 0.287. The third-order valence-electron chi connectivity index (χ3n) is 0.776. The van der Waals surface area contributed by atoms with E-state index in [1.165, 1.54) is 0 Å². The molecule has 0 aliphatic carbocycles. The smallest absolute Gasteiger partial charge is 0.178 e. The van der Waals surface area contributed by atoms with Gasteiger partial charge in [0.2, 0.25) is 0 Å². The molecule has 1 aromatic heterocycles. The number of methoxy groups -OCH3 is 1. The summed E-state index contributed by atoms with van der Waals surface area (Å²) >= 11 is 0. The zero-order chi connectivity index (χ0) is 5.82. The standard InChI is InChI=1S/C5H7N2O/c1-8-5-7-3-2-6-4-7/h2-3H,5H2,1H3. The zero-order valence-corrected chi connectivity index (χ0v) is 4.66. The molecular formula is C5H7N2O. The summed E-state index contributed by atoms with van der Waals surface area (Å²) in [6.07, 6.45) is 6.14. The molecule has 3 heteroatoms. The summed E-state index contributed by atoms with van der Waals surface area (Å²) in [5.41, 5.74) is 0. The minimum Gasteiger partial charge on any atom is -0.364 e. The van der Waals surface area contributed by atoms with Crippen molar-refractivity contribution in [3.63, 3.8) is 0 Å². The largest absolute Gasteiger partial charge is 0.364 e. The topological polar surface area (TPSA) is 27.1 Å². The lowest BCUT2D eigenvalue weighted by Gasteiger charge is -1.94. The van der Waals surface area contributed by atoms with Crippen molar-refractivity contribution < 1.29 is 4.74 Å². The molecule has 1 aromatic rings. The fourth-order valence-corrected chi connectivity index (χ4v) is 0.466. The summed E-state index contributed by atoms with van der Waals surface area (Å²) in [5, 5.41) is 0. The molecule has 1 heterocycles. The number of hydrogen-bond donors (Lipinski definition) is 0. The average molecular weight is 111 g/mol. The van der Waals surface area contributed by atoms with Crippen LogP contribution < -0.4 is 0 Å². The first-order valence-corrected chi connectivity index (χ1v) is 2.31. The second-order valence-electron chi connectivity index (χ2n) is 1.41. The Labute approximate surface area is 47.9 Å². The summed E-state index contributed by atoms with van der Waals surface area (Å²) in [6.45, 7) is 0.528. The van der Waals surface area contributed by atoms with Crippen molar-refractivity contribution in [2.75, 3.05) is 7.11 Å². The normalized spacial score (nSPS) is 9.62. The lowest BCUT2D eigenvalue weighted by Crippen LogP contribution is -1.95. The first kappa shape index (κ1) is 5.31. The highest BCUT2D eigenvalue weighted by molar-refractivity contribution is 4.70. The maximum absolute atomic E-state index is 4.78. The van der Waals surface area contributed by atoms with Crippen LogP contribution in [0.25, 0.3) is 0 Å². The van der Waals surface area contributed by atoms with E-state index in [1.54, 1.807) is 24.1 Å². The van der Waals surface area contributed by atoms with Crippen LogP contribution in [-0.2, 0) is 11.5 Å². The molecule has 0 fully saturated rings. The Kier molecular flexibility index (Phi) is 1.64. The summed E-state index contributed by atoms with van der Waals surface area (Å²) in [5.74, 6) is 0. The SMILES string of the molecule is COCn1[c]ncc1. The van der Waals surface area contributed by atoms with Crippen molar-refractivity contribution in [2.24, 2.45) is 0 Å². The van der Waals surface area contributed by atoms with Crippen LogP contribution in [0.1, 0.15) is 0 Å². The fourth-order valence-electron chi connectivity index (χ4n) is 0.466. The Balaban J connectivity index is 2.50. The molecule has 0 saturated carbocycles. The van der Waals surface area contributed by atoms with Crippen molar-refractivity contribution in [1.82, 2.24) is 9.55 Å². The highest BCUT2D eigenvalue weighted by Gasteiger charge is 1.83. The minimum absolute atomic E-state index is 0.528. The van der Waals surface area contributed by atoms with Gasteiger partial charge in [-0.1, -0.05) is 0 Å². The van der Waals surface area contributed by atoms with Gasteiger partial charge < -0.3 is 9.30 Å². The molecule has 0 N–H and O–H groups in total. The van der Waals surface area contributed by atoms with Crippen LogP contribution in [0.2, 0.25) is 0 Å². The van der Waals surface area contributed by atoms with E-state index in [4.69, 9.17) is 4.74 Å². The highest BCUT2D eigenvalue weighted by Crippen LogP contribution is 1.82. The summed E-state index contributed by atoms with van der Waals surface area (Å²) in [6, 6.07) is 0. The number of hydrogen-bond acceptors (Lipinski definition) is 2. The van der Waals surface area contributed by atoms with Gasteiger partial charge in [-0.25, -0.2) is 4.98 Å². The van der Waals surface area contributed by atoms with Crippen LogP contribution in [0.15, 0.2) is 12.4 Å². The molecule has 0 bridgehead atoms. The Bertz CT molecular complexity index is 136. The fraction of sp³-hybridized carbons (Fsp3) is 0.400. The Morgan fingerprint density at radius 1 is 1.88 bits per heavy atom. The van der Waals surface area contributed by atoms with Gasteiger partial charge in [-0.2, -0.15) is 0 Å². The first-order chi connectivity index (χ1) is 3.93. The molecule has 8 heavy (non-hydrogen) atoms. The Morgan fingerprint density at radius 2 is 2.75 bits per heavy atom. The van der Waals surface area contributed by atoms with Gasteiger partial charge in [0, 0.05) is 19.5 Å². The molecule has 0 aliphatic rings. The van der Waals surface area contributed by atoms with E-state index in [2.05, 4.69) is 11.3 Å². The predicted molar refractivity (Wildman–Crippen MR) is 28.1 cm³/mol. The van der Waals surface area contributed by atoms with Crippen molar-refractivity contribution in [1.29, 1.82) is 0 Å². The summed E-state index contributed by atoms with van der Waals surface area (Å²) in [7, 11) is 1.63. The maximum Gasteiger partial charge on any atom is 0.178 e. The lowest BCUT2D eigenvalue weighted by molar-refractivity contribution is 0.130. The molecule has 0 atom stereocenters. The quantitative estimate of drug-likeness (QED) is 0.548. The van der Waals surface area contributed by atoms with Crippen LogP contribution in [0.4, 0.5) is 0 Å². The van der Waals surface area contributed by atoms with Crippen molar-refractivity contribution in [2.45, 2.75) is 6.73 Å². The monoisotopic (exact) mass is 111 g/mol. The molecule has 1 radical (unpaired) electrons. The maximum atomic E-state index is 4.78. The molecule has 0 saturated heterocycles. The molecule has 1 rings (SSSR count). The number of aromatic nitrogens is 2. The first-order valence-electron chi connectivity index (χ1n) is 2.31. The van der Waals surface area contributed by atoms with E-state index < -0.39 is 0 Å².